The Morgan fingerprint density at radius 3 is 2.31 bits per heavy atom. The van der Waals surface area contributed by atoms with Crippen LogP contribution in [0, 0.1) is 36.0 Å². The van der Waals surface area contributed by atoms with Gasteiger partial charge in [0.15, 0.2) is 28.4 Å². The van der Waals surface area contributed by atoms with Crippen LogP contribution in [0.4, 0.5) is 27.6 Å². The monoisotopic (exact) mass is 449 g/mol. The van der Waals surface area contributed by atoms with Gasteiger partial charge in [0.05, 0.1) is 11.1 Å². The van der Waals surface area contributed by atoms with E-state index < -0.39 is 46.4 Å². The van der Waals surface area contributed by atoms with Gasteiger partial charge in [-0.1, -0.05) is 11.8 Å². The number of carbonyl (C=O) groups is 1. The van der Waals surface area contributed by atoms with E-state index >= 15 is 0 Å². The number of thioether (sulfide) groups is 1. The van der Waals surface area contributed by atoms with E-state index in [-0.39, 0.29) is 17.3 Å². The molecule has 12 heteroatoms. The first-order chi connectivity index (χ1) is 13.6. The van der Waals surface area contributed by atoms with E-state index in [4.69, 9.17) is 0 Å². The molecule has 0 saturated carbocycles. The second kappa shape index (κ2) is 8.11. The van der Waals surface area contributed by atoms with E-state index in [1.54, 1.807) is 18.3 Å². The van der Waals surface area contributed by atoms with Crippen molar-refractivity contribution in [3.8, 4) is 0 Å². The van der Waals surface area contributed by atoms with Crippen LogP contribution in [-0.2, 0) is 11.3 Å². The largest absolute Gasteiger partial charge is 0.320 e. The standard InChI is InChI=1S/C17H12F5N3O2S2/c1-3-25-16(27)7-4-6(2)29-15(7)24-17(25)28-5-8(26)23-14-12(21)10(19)9(18)11(20)13(14)22/h4H,3,5H2,1-2H3,(H,23,26). The number of amides is 1. The fraction of sp³-hybridized carbons (Fsp3) is 0.235. The second-order valence-electron chi connectivity index (χ2n) is 5.80. The van der Waals surface area contributed by atoms with Crippen LogP contribution in [0.5, 0.6) is 0 Å². The van der Waals surface area contributed by atoms with Gasteiger partial charge >= 0.3 is 0 Å². The minimum atomic E-state index is -2.32. The number of fused-ring (bicyclic) bond motifs is 1. The molecule has 0 aliphatic carbocycles. The number of thiophene rings is 1. The van der Waals surface area contributed by atoms with E-state index in [1.165, 1.54) is 15.9 Å². The first-order valence-corrected chi connectivity index (χ1v) is 9.90. The summed E-state index contributed by atoms with van der Waals surface area (Å²) >= 11 is 2.09. The zero-order valence-electron chi connectivity index (χ0n) is 14.9. The molecule has 0 spiro atoms. The fourth-order valence-electron chi connectivity index (χ4n) is 2.53. The number of carbonyl (C=O) groups excluding carboxylic acids is 1. The molecule has 0 bridgehead atoms. The van der Waals surface area contributed by atoms with Gasteiger partial charge in [-0.05, 0) is 19.9 Å². The van der Waals surface area contributed by atoms with Gasteiger partial charge in [-0.2, -0.15) is 0 Å². The first-order valence-electron chi connectivity index (χ1n) is 8.10. The average molecular weight is 449 g/mol. The van der Waals surface area contributed by atoms with E-state index in [1.807, 2.05) is 6.92 Å². The molecule has 3 rings (SSSR count). The van der Waals surface area contributed by atoms with Crippen LogP contribution in [0.1, 0.15) is 11.8 Å². The normalized spacial score (nSPS) is 11.3. The van der Waals surface area contributed by atoms with Crippen LogP contribution in [0.2, 0.25) is 0 Å². The topological polar surface area (TPSA) is 64.0 Å². The number of aryl methyl sites for hydroxylation is 1. The number of halogens is 5. The number of benzene rings is 1. The first kappa shape index (κ1) is 21.2. The summed E-state index contributed by atoms with van der Waals surface area (Å²) in [5.41, 5.74) is -1.73. The number of aromatic nitrogens is 2. The van der Waals surface area contributed by atoms with E-state index in [0.717, 1.165) is 16.6 Å². The van der Waals surface area contributed by atoms with Crippen LogP contribution in [0.15, 0.2) is 16.0 Å². The predicted molar refractivity (Wildman–Crippen MR) is 99.9 cm³/mol. The summed E-state index contributed by atoms with van der Waals surface area (Å²) in [7, 11) is 0. The molecule has 0 unspecified atom stereocenters. The van der Waals surface area contributed by atoms with Gasteiger partial charge in [-0.3, -0.25) is 14.2 Å². The maximum atomic E-state index is 13.7. The highest BCUT2D eigenvalue weighted by atomic mass is 32.2. The highest BCUT2D eigenvalue weighted by Gasteiger charge is 2.27. The maximum Gasteiger partial charge on any atom is 0.262 e. The van der Waals surface area contributed by atoms with Crippen molar-refractivity contribution in [2.45, 2.75) is 25.5 Å². The summed E-state index contributed by atoms with van der Waals surface area (Å²) in [5, 5.41) is 2.31. The Bertz CT molecular complexity index is 1160. The van der Waals surface area contributed by atoms with Crippen molar-refractivity contribution in [1.82, 2.24) is 9.55 Å². The molecule has 0 aliphatic heterocycles. The van der Waals surface area contributed by atoms with E-state index in [2.05, 4.69) is 4.98 Å². The Labute approximate surface area is 168 Å². The maximum absolute atomic E-state index is 13.7. The minimum Gasteiger partial charge on any atom is -0.320 e. The van der Waals surface area contributed by atoms with Gasteiger partial charge in [-0.15, -0.1) is 11.3 Å². The van der Waals surface area contributed by atoms with Gasteiger partial charge in [0.2, 0.25) is 11.7 Å². The fourth-order valence-corrected chi connectivity index (χ4v) is 4.31. The lowest BCUT2D eigenvalue weighted by molar-refractivity contribution is -0.113. The number of hydrogen-bond acceptors (Lipinski definition) is 5. The van der Waals surface area contributed by atoms with Gasteiger partial charge in [0, 0.05) is 11.4 Å². The van der Waals surface area contributed by atoms with Crippen molar-refractivity contribution in [2.24, 2.45) is 0 Å². The molecular formula is C17H12F5N3O2S2. The third-order valence-corrected chi connectivity index (χ3v) is 5.78. The Morgan fingerprint density at radius 1 is 1.14 bits per heavy atom. The number of anilines is 1. The lowest BCUT2D eigenvalue weighted by Gasteiger charge is -2.11. The van der Waals surface area contributed by atoms with Crippen molar-refractivity contribution in [3.63, 3.8) is 0 Å². The highest BCUT2D eigenvalue weighted by molar-refractivity contribution is 7.99. The lowest BCUT2D eigenvalue weighted by Crippen LogP contribution is -2.23. The van der Waals surface area contributed by atoms with Gasteiger partial charge in [-0.25, -0.2) is 26.9 Å². The second-order valence-corrected chi connectivity index (χ2v) is 7.98. The predicted octanol–water partition coefficient (Wildman–Crippen LogP) is 4.21. The van der Waals surface area contributed by atoms with Crippen LogP contribution < -0.4 is 10.9 Å². The summed E-state index contributed by atoms with van der Waals surface area (Å²) < 4.78 is 68.2. The van der Waals surface area contributed by atoms with E-state index in [0.29, 0.717) is 10.2 Å². The van der Waals surface area contributed by atoms with E-state index in [9.17, 15) is 31.5 Å². The SMILES string of the molecule is CCn1c(SCC(=O)Nc2c(F)c(F)c(F)c(F)c2F)nc2sc(C)cc2c1=O. The summed E-state index contributed by atoms with van der Waals surface area (Å²) in [4.78, 5) is 30.2. The van der Waals surface area contributed by atoms with Crippen LogP contribution in [-0.4, -0.2) is 21.2 Å². The minimum absolute atomic E-state index is 0.194. The molecule has 154 valence electrons. The number of nitrogens with zero attached hydrogens (tertiary/aromatic N) is 2. The summed E-state index contributed by atoms with van der Waals surface area (Å²) in [6.07, 6.45) is 0. The average Bonchev–Trinajstić information content (AvgIpc) is 3.07. The van der Waals surface area contributed by atoms with Crippen LogP contribution >= 0.6 is 23.1 Å². The zero-order chi connectivity index (χ0) is 21.5. The Kier molecular flexibility index (Phi) is 5.94. The smallest absolute Gasteiger partial charge is 0.262 e. The Morgan fingerprint density at radius 2 is 1.72 bits per heavy atom. The van der Waals surface area contributed by atoms with Crippen molar-refractivity contribution < 1.29 is 26.7 Å². The van der Waals surface area contributed by atoms with Crippen molar-refractivity contribution >= 4 is 44.9 Å². The summed E-state index contributed by atoms with van der Waals surface area (Å²) in [6, 6.07) is 1.70. The molecule has 1 N–H and O–H groups in total. The molecule has 0 saturated heterocycles. The molecule has 2 heterocycles. The summed E-state index contributed by atoms with van der Waals surface area (Å²) in [6.45, 7) is 3.78. The van der Waals surface area contributed by atoms with Crippen LogP contribution in [0.25, 0.3) is 10.2 Å². The number of rotatable bonds is 5. The quantitative estimate of drug-likeness (QED) is 0.208. The molecule has 0 fully saturated rings. The third-order valence-electron chi connectivity index (χ3n) is 3.86. The molecule has 1 amide bonds. The number of nitrogens with one attached hydrogen (secondary N) is 1. The molecule has 2 aromatic heterocycles. The zero-order valence-corrected chi connectivity index (χ0v) is 16.5. The number of hydrogen-bond donors (Lipinski definition) is 1. The molecule has 3 aromatic rings. The molecule has 0 atom stereocenters. The van der Waals surface area contributed by atoms with Gasteiger partial charge < -0.3 is 5.32 Å². The molecular weight excluding hydrogens is 437 g/mol. The third kappa shape index (κ3) is 3.86. The Balaban J connectivity index is 1.85. The van der Waals surface area contributed by atoms with Crippen LogP contribution in [0.3, 0.4) is 0 Å². The molecule has 0 radical (unpaired) electrons. The Hall–Kier alpha value is -2.47. The molecule has 29 heavy (non-hydrogen) atoms. The molecule has 5 nitrogen and oxygen atoms in total. The highest BCUT2D eigenvalue weighted by Crippen LogP contribution is 2.28. The van der Waals surface area contributed by atoms with Crippen molar-refractivity contribution in [3.05, 3.63) is 50.4 Å². The molecule has 0 aliphatic rings. The summed E-state index contributed by atoms with van der Waals surface area (Å²) in [5.74, 6) is -12.4. The van der Waals surface area contributed by atoms with Gasteiger partial charge in [0.1, 0.15) is 10.5 Å². The van der Waals surface area contributed by atoms with Crippen molar-refractivity contribution in [1.29, 1.82) is 0 Å². The lowest BCUT2D eigenvalue weighted by atomic mass is 10.2. The molecule has 1 aromatic carbocycles. The van der Waals surface area contributed by atoms with Crippen molar-refractivity contribution in [2.75, 3.05) is 11.1 Å². The van der Waals surface area contributed by atoms with Gasteiger partial charge in [0.25, 0.3) is 5.56 Å².